The molecule has 3 aliphatic rings. The first-order chi connectivity index (χ1) is 16.3. The Morgan fingerprint density at radius 1 is 1.18 bits per heavy atom. The van der Waals surface area contributed by atoms with E-state index in [1.54, 1.807) is 15.5 Å². The Bertz CT molecular complexity index is 1190. The Balaban J connectivity index is 1.42. The molecule has 0 saturated carbocycles. The number of hydrogen-bond donors (Lipinski definition) is 2. The molecule has 2 aromatic rings. The molecule has 0 radical (unpaired) electrons. The summed E-state index contributed by atoms with van der Waals surface area (Å²) in [7, 11) is 0. The van der Waals surface area contributed by atoms with Gasteiger partial charge in [-0.05, 0) is 36.0 Å². The van der Waals surface area contributed by atoms with Crippen LogP contribution in [-0.4, -0.2) is 50.5 Å². The summed E-state index contributed by atoms with van der Waals surface area (Å²) >= 11 is 0. The van der Waals surface area contributed by atoms with E-state index < -0.39 is 16.8 Å². The molecule has 1 saturated heterocycles. The van der Waals surface area contributed by atoms with E-state index in [-0.39, 0.29) is 35.3 Å². The SMILES string of the molecule is CC[C@@H](C)[C@@H](C(=O)N1C[C@H]2C[C@H](C1)c1ccc([NH+]([O-])O)c(=O)n1C2)N1Cc2ccccc2C1=O. The van der Waals surface area contributed by atoms with Gasteiger partial charge in [0.2, 0.25) is 11.6 Å². The lowest BCUT2D eigenvalue weighted by Crippen LogP contribution is -3.00. The lowest BCUT2D eigenvalue weighted by Gasteiger charge is -2.45. The second-order valence-corrected chi connectivity index (χ2v) is 9.86. The van der Waals surface area contributed by atoms with Crippen molar-refractivity contribution in [3.05, 3.63) is 68.8 Å². The van der Waals surface area contributed by atoms with Crippen molar-refractivity contribution in [1.29, 1.82) is 0 Å². The molecule has 1 fully saturated rings. The first kappa shape index (κ1) is 22.8. The highest BCUT2D eigenvalue weighted by atomic mass is 16.8. The van der Waals surface area contributed by atoms with E-state index in [9.17, 15) is 24.8 Å². The van der Waals surface area contributed by atoms with Crippen molar-refractivity contribution < 1.29 is 20.0 Å². The van der Waals surface area contributed by atoms with Gasteiger partial charge in [-0.25, -0.2) is 5.21 Å². The van der Waals surface area contributed by atoms with Gasteiger partial charge in [0.25, 0.3) is 5.91 Å². The molecule has 2 bridgehead atoms. The number of nitrogens with zero attached hydrogens (tertiary/aromatic N) is 3. The Labute approximate surface area is 197 Å². The standard InChI is InChI=1S/C25H30N4O5/c1-3-15(2)22(28-14-17-6-4-5-7-19(17)23(28)30)25(32)26-11-16-10-18(13-26)20-8-9-21(29(33)34)24(31)27(20)12-16/h4-9,15-16,18,22,29,33H,3,10-14H2,1-2H3/t15-,16-,18-,22+/m1/s1. The van der Waals surface area contributed by atoms with Crippen LogP contribution < -0.4 is 10.8 Å². The summed E-state index contributed by atoms with van der Waals surface area (Å²) < 4.78 is 1.58. The molecule has 2 amide bonds. The van der Waals surface area contributed by atoms with Crippen LogP contribution >= 0.6 is 0 Å². The maximum Gasteiger partial charge on any atom is 0.315 e. The van der Waals surface area contributed by atoms with Gasteiger partial charge in [0, 0.05) is 49.4 Å². The first-order valence-electron chi connectivity index (χ1n) is 11.9. The minimum absolute atomic E-state index is 0.000518. The van der Waals surface area contributed by atoms with E-state index in [0.29, 0.717) is 31.7 Å². The highest BCUT2D eigenvalue weighted by Gasteiger charge is 2.44. The van der Waals surface area contributed by atoms with E-state index in [1.807, 2.05) is 43.0 Å². The van der Waals surface area contributed by atoms with Crippen LogP contribution in [0.3, 0.4) is 0 Å². The molecule has 34 heavy (non-hydrogen) atoms. The molecular formula is C25H30N4O5. The fourth-order valence-corrected chi connectivity index (χ4v) is 5.88. The van der Waals surface area contributed by atoms with Crippen LogP contribution in [0.5, 0.6) is 0 Å². The molecule has 9 nitrogen and oxygen atoms in total. The van der Waals surface area contributed by atoms with E-state index in [4.69, 9.17) is 0 Å². The van der Waals surface area contributed by atoms with Gasteiger partial charge in [-0.15, -0.1) is 0 Å². The number of amides is 2. The van der Waals surface area contributed by atoms with Crippen molar-refractivity contribution in [2.75, 3.05) is 13.1 Å². The summed E-state index contributed by atoms with van der Waals surface area (Å²) in [5.41, 5.74) is 1.71. The predicted molar refractivity (Wildman–Crippen MR) is 123 cm³/mol. The van der Waals surface area contributed by atoms with Gasteiger partial charge >= 0.3 is 5.56 Å². The van der Waals surface area contributed by atoms with Gasteiger partial charge in [-0.1, -0.05) is 38.5 Å². The third kappa shape index (κ3) is 3.64. The maximum absolute atomic E-state index is 13.9. The molecule has 3 aliphatic heterocycles. The topological polar surface area (TPSA) is 110 Å². The zero-order valence-electron chi connectivity index (χ0n) is 19.4. The highest BCUT2D eigenvalue weighted by molar-refractivity contribution is 6.01. The number of fused-ring (bicyclic) bond motifs is 5. The molecule has 0 spiro atoms. The molecule has 2 N–H and O–H groups in total. The van der Waals surface area contributed by atoms with Crippen LogP contribution in [-0.2, 0) is 17.9 Å². The number of aromatic nitrogens is 1. The Kier molecular flexibility index (Phi) is 5.79. The van der Waals surface area contributed by atoms with Crippen molar-refractivity contribution >= 4 is 17.5 Å². The zero-order chi connectivity index (χ0) is 24.1. The second-order valence-electron chi connectivity index (χ2n) is 9.86. The molecule has 180 valence electrons. The molecule has 5 atom stereocenters. The minimum atomic E-state index is -1.22. The summed E-state index contributed by atoms with van der Waals surface area (Å²) in [5, 5.41) is 19.5. The van der Waals surface area contributed by atoms with E-state index >= 15 is 0 Å². The molecule has 1 aromatic heterocycles. The highest BCUT2D eigenvalue weighted by Crippen LogP contribution is 2.37. The molecule has 9 heteroatoms. The van der Waals surface area contributed by atoms with Crippen LogP contribution in [0.15, 0.2) is 41.2 Å². The van der Waals surface area contributed by atoms with Crippen LogP contribution in [0.4, 0.5) is 5.69 Å². The van der Waals surface area contributed by atoms with Gasteiger partial charge in [0.1, 0.15) is 6.04 Å². The maximum atomic E-state index is 13.9. The van der Waals surface area contributed by atoms with Gasteiger partial charge in [-0.2, -0.15) is 5.23 Å². The average molecular weight is 467 g/mol. The molecule has 0 aliphatic carbocycles. The third-order valence-corrected chi connectivity index (χ3v) is 7.77. The number of pyridine rings is 1. The normalized spacial score (nSPS) is 23.8. The number of quaternary nitrogens is 1. The smallest absolute Gasteiger partial charge is 0.315 e. The molecule has 5 rings (SSSR count). The first-order valence-corrected chi connectivity index (χ1v) is 11.9. The number of hydrogen-bond acceptors (Lipinski definition) is 5. The van der Waals surface area contributed by atoms with Crippen molar-refractivity contribution in [3.63, 3.8) is 0 Å². The third-order valence-electron chi connectivity index (χ3n) is 7.77. The Morgan fingerprint density at radius 3 is 2.65 bits per heavy atom. The Hall–Kier alpha value is -3.01. The number of likely N-dealkylation sites (tertiary alicyclic amines) is 1. The summed E-state index contributed by atoms with van der Waals surface area (Å²) in [4.78, 5) is 43.4. The van der Waals surface area contributed by atoms with Crippen molar-refractivity contribution in [2.45, 2.75) is 51.7 Å². The molecule has 1 aromatic carbocycles. The van der Waals surface area contributed by atoms with Crippen LogP contribution in [0.25, 0.3) is 0 Å². The number of nitrogens with one attached hydrogen (secondary N) is 1. The van der Waals surface area contributed by atoms with Crippen LogP contribution in [0, 0.1) is 17.0 Å². The van der Waals surface area contributed by atoms with Gasteiger partial charge in [0.05, 0.1) is 0 Å². The second kappa shape index (κ2) is 8.65. The predicted octanol–water partition coefficient (Wildman–Crippen LogP) is 1.27. The van der Waals surface area contributed by atoms with Gasteiger partial charge < -0.3 is 19.6 Å². The summed E-state index contributed by atoms with van der Waals surface area (Å²) in [6, 6.07) is 10.1. The number of carbonyl (C=O) groups is 2. The summed E-state index contributed by atoms with van der Waals surface area (Å²) in [5.74, 6) is -0.0923. The fourth-order valence-electron chi connectivity index (χ4n) is 5.88. The summed E-state index contributed by atoms with van der Waals surface area (Å²) in [6.07, 6.45) is 1.63. The molecule has 4 heterocycles. The number of carbonyl (C=O) groups excluding carboxylic acids is 2. The number of piperidine rings is 1. The van der Waals surface area contributed by atoms with Gasteiger partial charge in [-0.3, -0.25) is 14.4 Å². The zero-order valence-corrected chi connectivity index (χ0v) is 19.4. The average Bonchev–Trinajstić information content (AvgIpc) is 3.15. The van der Waals surface area contributed by atoms with Crippen molar-refractivity contribution in [3.8, 4) is 0 Å². The summed E-state index contributed by atoms with van der Waals surface area (Å²) in [6.45, 7) is 5.85. The minimum Gasteiger partial charge on any atom is -0.595 e. The molecule has 1 unspecified atom stereocenters. The van der Waals surface area contributed by atoms with Crippen molar-refractivity contribution in [1.82, 2.24) is 14.4 Å². The van der Waals surface area contributed by atoms with Crippen LogP contribution in [0.1, 0.15) is 54.2 Å². The van der Waals surface area contributed by atoms with E-state index in [2.05, 4.69) is 0 Å². The quantitative estimate of drug-likeness (QED) is 0.645. The van der Waals surface area contributed by atoms with Crippen LogP contribution in [0.2, 0.25) is 0 Å². The fraction of sp³-hybridized carbons (Fsp3) is 0.480. The molecular weight excluding hydrogens is 436 g/mol. The lowest BCUT2D eigenvalue weighted by molar-refractivity contribution is -0.992. The van der Waals surface area contributed by atoms with Gasteiger partial charge in [0.15, 0.2) is 0 Å². The van der Waals surface area contributed by atoms with Crippen molar-refractivity contribution in [2.24, 2.45) is 11.8 Å². The van der Waals surface area contributed by atoms with E-state index in [1.165, 1.54) is 6.07 Å². The largest absolute Gasteiger partial charge is 0.595 e. The lowest BCUT2D eigenvalue weighted by atomic mass is 9.82. The van der Waals surface area contributed by atoms with E-state index in [0.717, 1.165) is 24.1 Å². The monoisotopic (exact) mass is 466 g/mol. The number of rotatable bonds is 5. The number of benzene rings is 1. The Morgan fingerprint density at radius 2 is 1.94 bits per heavy atom.